The van der Waals surface area contributed by atoms with Crippen LogP contribution in [0.3, 0.4) is 0 Å². The van der Waals surface area contributed by atoms with Gasteiger partial charge in [0.1, 0.15) is 11.6 Å². The first-order valence-corrected chi connectivity index (χ1v) is 5.45. The molecule has 0 saturated carbocycles. The number of benzene rings is 1. The number of nitrogens with one attached hydrogen (secondary N) is 1. The number of H-pyrrole nitrogens is 1. The quantitative estimate of drug-likeness (QED) is 0.789. The Morgan fingerprint density at radius 2 is 2.12 bits per heavy atom. The first-order valence-electron chi connectivity index (χ1n) is 4.57. The molecule has 2 N–H and O–H groups in total. The number of carbonyl (C=O) groups is 1. The van der Waals surface area contributed by atoms with Gasteiger partial charge in [-0.25, -0.2) is 4.98 Å². The number of carboxylic acids is 1. The summed E-state index contributed by atoms with van der Waals surface area (Å²) in [6.07, 6.45) is 1.35. The van der Waals surface area contributed by atoms with Gasteiger partial charge in [0, 0.05) is 0 Å². The lowest BCUT2D eigenvalue weighted by molar-refractivity contribution is -0.136. The van der Waals surface area contributed by atoms with Crippen LogP contribution in [0.5, 0.6) is 0 Å². The van der Waals surface area contributed by atoms with Gasteiger partial charge in [-0.15, -0.1) is 0 Å². The highest BCUT2D eigenvalue weighted by Crippen LogP contribution is 2.32. The van der Waals surface area contributed by atoms with Gasteiger partial charge >= 0.3 is 5.97 Å². The second-order valence-corrected chi connectivity index (χ2v) is 4.13. The summed E-state index contributed by atoms with van der Waals surface area (Å²) in [6, 6.07) is 9.03. The van der Waals surface area contributed by atoms with Gasteiger partial charge < -0.3 is 5.11 Å². The van der Waals surface area contributed by atoms with E-state index in [2.05, 4.69) is 15.2 Å². The third-order valence-electron chi connectivity index (χ3n) is 1.95. The van der Waals surface area contributed by atoms with E-state index in [0.717, 1.165) is 17.3 Å². The van der Waals surface area contributed by atoms with Gasteiger partial charge in [-0.3, -0.25) is 9.89 Å². The van der Waals surface area contributed by atoms with Crippen molar-refractivity contribution in [1.82, 2.24) is 15.2 Å². The van der Waals surface area contributed by atoms with E-state index in [1.807, 2.05) is 18.2 Å². The Morgan fingerprint density at radius 3 is 2.69 bits per heavy atom. The molecule has 0 amide bonds. The highest BCUT2D eigenvalue weighted by Gasteiger charge is 2.22. The van der Waals surface area contributed by atoms with Crippen LogP contribution in [0.15, 0.2) is 41.8 Å². The molecule has 0 fully saturated rings. The van der Waals surface area contributed by atoms with Gasteiger partial charge in [0.2, 0.25) is 0 Å². The number of hydrogen-bond acceptors (Lipinski definition) is 4. The number of aromatic nitrogens is 3. The van der Waals surface area contributed by atoms with E-state index in [1.54, 1.807) is 12.1 Å². The molecule has 1 unspecified atom stereocenters. The Labute approximate surface area is 95.9 Å². The average molecular weight is 235 g/mol. The molecule has 2 aromatic rings. The van der Waals surface area contributed by atoms with E-state index in [9.17, 15) is 4.79 Å². The summed E-state index contributed by atoms with van der Waals surface area (Å²) in [5, 5.41) is 15.3. The Kier molecular flexibility index (Phi) is 3.21. The molecule has 1 aromatic carbocycles. The second kappa shape index (κ2) is 4.80. The molecule has 16 heavy (non-hydrogen) atoms. The molecule has 0 aliphatic carbocycles. The molecule has 0 aliphatic heterocycles. The Morgan fingerprint density at radius 1 is 1.38 bits per heavy atom. The SMILES string of the molecule is O=C(O)C(Sc1ncn[nH]1)c1ccccc1. The molecule has 0 radical (unpaired) electrons. The third-order valence-corrected chi connectivity index (χ3v) is 3.08. The second-order valence-electron chi connectivity index (χ2n) is 3.04. The standard InChI is InChI=1S/C10H9N3O2S/c14-9(15)8(7-4-2-1-3-5-7)16-10-11-6-12-13-10/h1-6,8H,(H,14,15)(H,11,12,13). The molecule has 1 heterocycles. The van der Waals surface area contributed by atoms with Crippen LogP contribution in [0.1, 0.15) is 10.8 Å². The first kappa shape index (κ1) is 10.7. The van der Waals surface area contributed by atoms with Gasteiger partial charge in [0.05, 0.1) is 0 Å². The molecular weight excluding hydrogens is 226 g/mol. The van der Waals surface area contributed by atoms with E-state index >= 15 is 0 Å². The summed E-state index contributed by atoms with van der Waals surface area (Å²) < 4.78 is 0. The van der Waals surface area contributed by atoms with E-state index < -0.39 is 11.2 Å². The van der Waals surface area contributed by atoms with Crippen molar-refractivity contribution in [2.45, 2.75) is 10.4 Å². The summed E-state index contributed by atoms with van der Waals surface area (Å²) in [7, 11) is 0. The normalized spacial score (nSPS) is 12.2. The predicted molar refractivity (Wildman–Crippen MR) is 59.1 cm³/mol. The van der Waals surface area contributed by atoms with Crippen molar-refractivity contribution in [3.63, 3.8) is 0 Å². The van der Waals surface area contributed by atoms with Crippen molar-refractivity contribution in [2.75, 3.05) is 0 Å². The Balaban J connectivity index is 2.22. The van der Waals surface area contributed by atoms with Crippen LogP contribution in [-0.2, 0) is 4.79 Å². The first-order chi connectivity index (χ1) is 7.77. The number of thioether (sulfide) groups is 1. The fourth-order valence-corrected chi connectivity index (χ4v) is 2.08. The van der Waals surface area contributed by atoms with Crippen LogP contribution in [0, 0.1) is 0 Å². The van der Waals surface area contributed by atoms with E-state index in [1.165, 1.54) is 6.33 Å². The largest absolute Gasteiger partial charge is 0.480 e. The molecule has 1 aromatic heterocycles. The van der Waals surface area contributed by atoms with Crippen LogP contribution in [0.25, 0.3) is 0 Å². The minimum atomic E-state index is -0.896. The molecule has 5 nitrogen and oxygen atoms in total. The zero-order valence-corrected chi connectivity index (χ0v) is 9.02. The summed E-state index contributed by atoms with van der Waals surface area (Å²) >= 11 is 1.13. The Bertz CT molecular complexity index is 458. The number of hydrogen-bond donors (Lipinski definition) is 2. The van der Waals surface area contributed by atoms with Crippen molar-refractivity contribution in [3.05, 3.63) is 42.2 Å². The van der Waals surface area contributed by atoms with Crippen LogP contribution >= 0.6 is 11.8 Å². The number of aromatic amines is 1. The number of rotatable bonds is 4. The fourth-order valence-electron chi connectivity index (χ4n) is 1.25. The number of aliphatic carboxylic acids is 1. The molecule has 0 aliphatic rings. The molecule has 0 spiro atoms. The molecule has 82 valence electrons. The zero-order valence-electron chi connectivity index (χ0n) is 8.20. The van der Waals surface area contributed by atoms with Crippen molar-refractivity contribution >= 4 is 17.7 Å². The summed E-state index contributed by atoms with van der Waals surface area (Å²) in [5.74, 6) is -0.896. The molecular formula is C10H9N3O2S. The molecule has 1 atom stereocenters. The molecule has 6 heteroatoms. The zero-order chi connectivity index (χ0) is 11.4. The van der Waals surface area contributed by atoms with Crippen LogP contribution in [0.4, 0.5) is 0 Å². The maximum absolute atomic E-state index is 11.1. The van der Waals surface area contributed by atoms with Gasteiger partial charge in [-0.05, 0) is 5.56 Å². The van der Waals surface area contributed by atoms with Crippen LogP contribution < -0.4 is 0 Å². The average Bonchev–Trinajstić information content (AvgIpc) is 2.79. The maximum atomic E-state index is 11.1. The lowest BCUT2D eigenvalue weighted by Crippen LogP contribution is -2.08. The predicted octanol–water partition coefficient (Wildman–Crippen LogP) is 1.72. The van der Waals surface area contributed by atoms with Crippen molar-refractivity contribution in [3.8, 4) is 0 Å². The minimum absolute atomic E-state index is 0.497. The van der Waals surface area contributed by atoms with Crippen LogP contribution in [-0.4, -0.2) is 26.3 Å². The summed E-state index contributed by atoms with van der Waals surface area (Å²) in [4.78, 5) is 15.0. The van der Waals surface area contributed by atoms with Crippen molar-refractivity contribution in [2.24, 2.45) is 0 Å². The molecule has 2 rings (SSSR count). The number of carboxylic acid groups (broad SMARTS) is 1. The minimum Gasteiger partial charge on any atom is -0.480 e. The van der Waals surface area contributed by atoms with Crippen molar-refractivity contribution in [1.29, 1.82) is 0 Å². The van der Waals surface area contributed by atoms with Gasteiger partial charge in [0.15, 0.2) is 5.16 Å². The third kappa shape index (κ3) is 2.40. The summed E-state index contributed by atoms with van der Waals surface area (Å²) in [5.41, 5.74) is 0.733. The van der Waals surface area contributed by atoms with E-state index in [-0.39, 0.29) is 0 Å². The van der Waals surface area contributed by atoms with E-state index in [4.69, 9.17) is 5.11 Å². The maximum Gasteiger partial charge on any atom is 0.321 e. The molecule has 0 saturated heterocycles. The van der Waals surface area contributed by atoms with Crippen LogP contribution in [0.2, 0.25) is 0 Å². The Hall–Kier alpha value is -1.82. The number of nitrogens with zero attached hydrogens (tertiary/aromatic N) is 2. The van der Waals surface area contributed by atoms with Gasteiger partial charge in [-0.2, -0.15) is 5.10 Å². The van der Waals surface area contributed by atoms with Gasteiger partial charge in [0.25, 0.3) is 0 Å². The topological polar surface area (TPSA) is 78.9 Å². The van der Waals surface area contributed by atoms with Crippen molar-refractivity contribution < 1.29 is 9.90 Å². The summed E-state index contributed by atoms with van der Waals surface area (Å²) in [6.45, 7) is 0. The van der Waals surface area contributed by atoms with E-state index in [0.29, 0.717) is 5.16 Å². The smallest absolute Gasteiger partial charge is 0.321 e. The lowest BCUT2D eigenvalue weighted by Gasteiger charge is -2.09. The lowest BCUT2D eigenvalue weighted by atomic mass is 10.1. The monoisotopic (exact) mass is 235 g/mol. The van der Waals surface area contributed by atoms with Gasteiger partial charge in [-0.1, -0.05) is 42.1 Å². The highest BCUT2D eigenvalue weighted by atomic mass is 32.2. The highest BCUT2D eigenvalue weighted by molar-refractivity contribution is 8.00. The fraction of sp³-hybridized carbons (Fsp3) is 0.100. The molecule has 0 bridgehead atoms.